The summed E-state index contributed by atoms with van der Waals surface area (Å²) in [6.45, 7) is 3.00. The van der Waals surface area contributed by atoms with Crippen LogP contribution >= 0.6 is 23.2 Å². The number of benzene rings is 1. The average Bonchev–Trinajstić information content (AvgIpc) is 2.63. The van der Waals surface area contributed by atoms with Crippen LogP contribution in [-0.2, 0) is 16.1 Å². The molecular formula is C18H27BCl2N2O4. The highest BCUT2D eigenvalue weighted by atomic mass is 35.5. The van der Waals surface area contributed by atoms with E-state index in [1.165, 1.54) is 5.56 Å². The lowest BCUT2D eigenvalue weighted by atomic mass is 9.82. The highest BCUT2D eigenvalue weighted by Gasteiger charge is 2.24. The van der Waals surface area contributed by atoms with Crippen LogP contribution in [0.5, 0.6) is 0 Å². The first-order valence-electron chi connectivity index (χ1n) is 9.14. The maximum atomic E-state index is 8.85. The van der Waals surface area contributed by atoms with Crippen LogP contribution in [0, 0.1) is 5.92 Å². The molecule has 150 valence electrons. The van der Waals surface area contributed by atoms with E-state index in [4.69, 9.17) is 48.6 Å². The van der Waals surface area contributed by atoms with Crippen LogP contribution in [0.1, 0.15) is 37.7 Å². The van der Waals surface area contributed by atoms with Crippen molar-refractivity contribution in [2.75, 3.05) is 13.1 Å². The van der Waals surface area contributed by atoms with Gasteiger partial charge in [-0.05, 0) is 62.3 Å². The zero-order chi connectivity index (χ0) is 20.2. The molecule has 0 bridgehead atoms. The fourth-order valence-corrected chi connectivity index (χ4v) is 3.70. The Labute approximate surface area is 170 Å². The van der Waals surface area contributed by atoms with E-state index in [1.54, 1.807) is 0 Å². The first-order chi connectivity index (χ1) is 12.9. The van der Waals surface area contributed by atoms with Gasteiger partial charge < -0.3 is 15.8 Å². The molecule has 1 aliphatic heterocycles. The second kappa shape index (κ2) is 13.3. The van der Waals surface area contributed by atoms with Crippen LogP contribution in [0.4, 0.5) is 0 Å². The molecule has 1 atom stereocenters. The zero-order valence-electron chi connectivity index (χ0n) is 15.3. The summed E-state index contributed by atoms with van der Waals surface area (Å²) in [5.74, 6) is 0.564. The Morgan fingerprint density at radius 3 is 2.37 bits per heavy atom. The predicted octanol–water partition coefficient (Wildman–Crippen LogP) is 2.59. The summed E-state index contributed by atoms with van der Waals surface area (Å²) < 4.78 is 0. The van der Waals surface area contributed by atoms with Crippen LogP contribution in [0.2, 0.25) is 16.4 Å². The molecule has 2 rings (SSSR count). The lowest BCUT2D eigenvalue weighted by Crippen LogP contribution is -2.40. The van der Waals surface area contributed by atoms with Gasteiger partial charge in [-0.3, -0.25) is 4.90 Å². The van der Waals surface area contributed by atoms with Crippen molar-refractivity contribution in [1.82, 2.24) is 4.90 Å². The van der Waals surface area contributed by atoms with Gasteiger partial charge in [0.05, 0.1) is 10.0 Å². The maximum Gasteiger partial charge on any atom is 0.451 e. The summed E-state index contributed by atoms with van der Waals surface area (Å²) in [6.07, 6.45) is 5.67. The Balaban J connectivity index is 0.00000114. The molecule has 27 heavy (non-hydrogen) atoms. The number of hydrogen-bond acceptors (Lipinski definition) is 6. The van der Waals surface area contributed by atoms with Crippen molar-refractivity contribution in [3.63, 3.8) is 0 Å². The molecule has 9 heteroatoms. The number of nitrogens with zero attached hydrogens (tertiary/aromatic N) is 1. The van der Waals surface area contributed by atoms with Crippen molar-refractivity contribution < 1.29 is 19.6 Å². The van der Waals surface area contributed by atoms with E-state index in [0.29, 0.717) is 22.3 Å². The van der Waals surface area contributed by atoms with Crippen LogP contribution in [-0.4, -0.2) is 47.3 Å². The topological polar surface area (TPSA) is 104 Å². The third-order valence-corrected chi connectivity index (χ3v) is 5.62. The summed E-state index contributed by atoms with van der Waals surface area (Å²) in [7, 11) is -1.19. The molecule has 4 N–H and O–H groups in total. The van der Waals surface area contributed by atoms with E-state index in [0.717, 1.165) is 51.7 Å². The molecule has 0 amide bonds. The lowest BCUT2D eigenvalue weighted by Gasteiger charge is -2.35. The molecule has 1 unspecified atom stereocenters. The fraction of sp³-hybridized carbons (Fsp3) is 0.611. The van der Waals surface area contributed by atoms with Gasteiger partial charge in [0, 0.05) is 12.6 Å². The fourth-order valence-electron chi connectivity index (χ4n) is 3.38. The number of unbranched alkanes of at least 4 members (excludes halogenated alkanes) is 1. The molecule has 1 heterocycles. The van der Waals surface area contributed by atoms with Crippen LogP contribution in [0.25, 0.3) is 0 Å². The van der Waals surface area contributed by atoms with E-state index < -0.39 is 7.12 Å². The highest BCUT2D eigenvalue weighted by Crippen LogP contribution is 2.26. The van der Waals surface area contributed by atoms with E-state index in [2.05, 4.69) is 4.90 Å². The van der Waals surface area contributed by atoms with Crippen molar-refractivity contribution in [2.24, 2.45) is 11.7 Å². The summed E-state index contributed by atoms with van der Waals surface area (Å²) in [4.78, 5) is 18.7. The second-order valence-corrected chi connectivity index (χ2v) is 7.69. The largest absolute Gasteiger partial charge is 0.451 e. The Hall–Kier alpha value is -0.915. The molecule has 0 aromatic heterocycles. The number of rotatable bonds is 8. The van der Waals surface area contributed by atoms with Crippen LogP contribution in [0.3, 0.4) is 0 Å². The molecule has 0 aliphatic carbocycles. The molecule has 1 aliphatic rings. The first kappa shape index (κ1) is 24.1. The molecule has 0 saturated carbocycles. The monoisotopic (exact) mass is 416 g/mol. The first-order valence-corrected chi connectivity index (χ1v) is 9.90. The van der Waals surface area contributed by atoms with Gasteiger partial charge >= 0.3 is 13.3 Å². The van der Waals surface area contributed by atoms with Crippen molar-refractivity contribution >= 4 is 36.5 Å². The number of likely N-dealkylation sites (tertiary alicyclic amines) is 1. The van der Waals surface area contributed by atoms with Gasteiger partial charge in [0.25, 0.3) is 0 Å². The SMILES string of the molecule is NC(CCCCB(O)O)C1CCN(Cc2ccc(Cl)c(Cl)c2)CC1.O=C=O. The Morgan fingerprint density at radius 2 is 1.81 bits per heavy atom. The lowest BCUT2D eigenvalue weighted by molar-refractivity contribution is -0.191. The van der Waals surface area contributed by atoms with E-state index in [1.807, 2.05) is 18.2 Å². The predicted molar refractivity (Wildman–Crippen MR) is 106 cm³/mol. The number of carbonyl (C=O) groups excluding carboxylic acids is 2. The van der Waals surface area contributed by atoms with E-state index in [9.17, 15) is 0 Å². The smallest absolute Gasteiger partial charge is 0.427 e. The molecule has 6 nitrogen and oxygen atoms in total. The van der Waals surface area contributed by atoms with Gasteiger partial charge in [0.15, 0.2) is 0 Å². The molecular weight excluding hydrogens is 390 g/mol. The van der Waals surface area contributed by atoms with Crippen molar-refractivity contribution in [1.29, 1.82) is 0 Å². The minimum absolute atomic E-state index is 0.216. The van der Waals surface area contributed by atoms with Gasteiger partial charge in [-0.25, -0.2) is 0 Å². The molecule has 1 aromatic rings. The zero-order valence-corrected chi connectivity index (χ0v) is 16.8. The van der Waals surface area contributed by atoms with Gasteiger partial charge in [-0.15, -0.1) is 0 Å². The van der Waals surface area contributed by atoms with Crippen LogP contribution in [0.15, 0.2) is 18.2 Å². The van der Waals surface area contributed by atoms with E-state index in [-0.39, 0.29) is 12.2 Å². The summed E-state index contributed by atoms with van der Waals surface area (Å²) >= 11 is 12.0. The maximum absolute atomic E-state index is 8.85. The minimum atomic E-state index is -1.19. The Kier molecular flexibility index (Phi) is 11.9. The molecule has 1 aromatic carbocycles. The van der Waals surface area contributed by atoms with Crippen molar-refractivity contribution in [3.05, 3.63) is 33.8 Å². The summed E-state index contributed by atoms with van der Waals surface area (Å²) in [5, 5.41) is 18.9. The van der Waals surface area contributed by atoms with Crippen molar-refractivity contribution in [3.8, 4) is 0 Å². The Bertz CT molecular complexity index is 593. The summed E-state index contributed by atoms with van der Waals surface area (Å²) in [6, 6.07) is 6.04. The second-order valence-electron chi connectivity index (χ2n) is 6.87. The third-order valence-electron chi connectivity index (χ3n) is 4.88. The standard InChI is InChI=1S/C17H27BCl2N2O2.CO2/c19-15-5-4-13(11-16(15)20)12-22-9-6-14(7-10-22)17(21)3-1-2-8-18(23)24;2-1-3/h4-5,11,14,17,23-24H,1-3,6-10,12,21H2;. The average molecular weight is 417 g/mol. The summed E-state index contributed by atoms with van der Waals surface area (Å²) in [5.41, 5.74) is 7.51. The van der Waals surface area contributed by atoms with E-state index >= 15 is 0 Å². The van der Waals surface area contributed by atoms with Crippen LogP contribution < -0.4 is 5.73 Å². The number of nitrogens with two attached hydrogens (primary N) is 1. The normalized spacial score (nSPS) is 16.2. The van der Waals surface area contributed by atoms with Gasteiger partial charge in [-0.1, -0.05) is 42.1 Å². The molecule has 0 radical (unpaired) electrons. The minimum Gasteiger partial charge on any atom is -0.427 e. The molecule has 0 spiro atoms. The van der Waals surface area contributed by atoms with Crippen molar-refractivity contribution in [2.45, 2.75) is 51.0 Å². The third kappa shape index (κ3) is 9.72. The quantitative estimate of drug-likeness (QED) is 0.444. The van der Waals surface area contributed by atoms with Gasteiger partial charge in [-0.2, -0.15) is 9.59 Å². The highest BCUT2D eigenvalue weighted by molar-refractivity contribution is 6.42. The number of halogens is 2. The van der Waals surface area contributed by atoms with Gasteiger partial charge in [0.2, 0.25) is 0 Å². The number of piperidine rings is 1. The Morgan fingerprint density at radius 1 is 1.19 bits per heavy atom. The molecule has 1 fully saturated rings. The van der Waals surface area contributed by atoms with Gasteiger partial charge in [0.1, 0.15) is 0 Å². The molecule has 1 saturated heterocycles. The number of hydrogen-bond donors (Lipinski definition) is 3.